The molecule has 1 aliphatic rings. The highest BCUT2D eigenvalue weighted by atomic mass is 15.3. The van der Waals surface area contributed by atoms with Crippen molar-refractivity contribution in [2.45, 2.75) is 19.3 Å². The van der Waals surface area contributed by atoms with E-state index in [1.54, 1.807) is 0 Å². The van der Waals surface area contributed by atoms with E-state index in [2.05, 4.69) is 143 Å². The summed E-state index contributed by atoms with van der Waals surface area (Å²) in [6, 6.07) is 34.5. The van der Waals surface area contributed by atoms with E-state index in [9.17, 15) is 0 Å². The van der Waals surface area contributed by atoms with Crippen molar-refractivity contribution in [3.63, 3.8) is 0 Å². The van der Waals surface area contributed by atoms with Crippen LogP contribution in [0, 0.1) is 6.92 Å². The van der Waals surface area contributed by atoms with Gasteiger partial charge in [0.1, 0.15) is 5.82 Å². The third-order valence-electron chi connectivity index (χ3n) is 7.22. The van der Waals surface area contributed by atoms with Gasteiger partial charge in [-0.3, -0.25) is 4.57 Å². The molecule has 0 amide bonds. The van der Waals surface area contributed by atoms with Gasteiger partial charge in [-0.25, -0.2) is 0 Å². The molecule has 7 rings (SSSR count). The SMILES string of the molecule is Cc1cccc(-c2nnc(C3C=CC=CC3)n2-c2ccc(-n3c4ccccc4c4ccccc43)cc2)c1. The van der Waals surface area contributed by atoms with Crippen molar-refractivity contribution in [2.24, 2.45) is 0 Å². The molecule has 0 fully saturated rings. The van der Waals surface area contributed by atoms with E-state index in [4.69, 9.17) is 5.10 Å². The van der Waals surface area contributed by atoms with Crippen molar-refractivity contribution in [2.75, 3.05) is 0 Å². The molecule has 6 aromatic rings. The van der Waals surface area contributed by atoms with Crippen molar-refractivity contribution in [3.8, 4) is 22.8 Å². The Labute approximate surface area is 215 Å². The molecule has 2 heterocycles. The molecule has 1 unspecified atom stereocenters. The van der Waals surface area contributed by atoms with Gasteiger partial charge >= 0.3 is 0 Å². The summed E-state index contributed by atoms with van der Waals surface area (Å²) in [6.07, 6.45) is 9.53. The number of fused-ring (bicyclic) bond motifs is 3. The number of nitrogens with zero attached hydrogens (tertiary/aromatic N) is 4. The Morgan fingerprint density at radius 3 is 2.00 bits per heavy atom. The van der Waals surface area contributed by atoms with E-state index in [1.165, 1.54) is 27.4 Å². The average molecular weight is 479 g/mol. The van der Waals surface area contributed by atoms with E-state index >= 15 is 0 Å². The monoisotopic (exact) mass is 478 g/mol. The lowest BCUT2D eigenvalue weighted by atomic mass is 9.99. The van der Waals surface area contributed by atoms with E-state index in [1.807, 2.05) is 0 Å². The third-order valence-corrected chi connectivity index (χ3v) is 7.22. The minimum atomic E-state index is 0.188. The van der Waals surface area contributed by atoms with Crippen LogP contribution in [-0.2, 0) is 0 Å². The van der Waals surface area contributed by atoms with Gasteiger partial charge in [0.25, 0.3) is 0 Å². The van der Waals surface area contributed by atoms with Gasteiger partial charge in [0.2, 0.25) is 0 Å². The van der Waals surface area contributed by atoms with Gasteiger partial charge in [-0.2, -0.15) is 0 Å². The van der Waals surface area contributed by atoms with Crippen molar-refractivity contribution >= 4 is 21.8 Å². The minimum Gasteiger partial charge on any atom is -0.309 e. The Hall–Kier alpha value is -4.70. The smallest absolute Gasteiger partial charge is 0.168 e. The lowest BCUT2D eigenvalue weighted by molar-refractivity contribution is 0.746. The summed E-state index contributed by atoms with van der Waals surface area (Å²) in [5, 5.41) is 11.9. The summed E-state index contributed by atoms with van der Waals surface area (Å²) in [7, 11) is 0. The summed E-state index contributed by atoms with van der Waals surface area (Å²) in [5.74, 6) is 2.01. The van der Waals surface area contributed by atoms with Gasteiger partial charge in [-0.15, -0.1) is 10.2 Å². The molecule has 4 heteroatoms. The summed E-state index contributed by atoms with van der Waals surface area (Å²) in [5.41, 5.74) is 6.88. The molecule has 178 valence electrons. The van der Waals surface area contributed by atoms with E-state index in [0.717, 1.165) is 35.0 Å². The first-order chi connectivity index (χ1) is 18.3. The Balaban J connectivity index is 1.39. The average Bonchev–Trinajstić information content (AvgIpc) is 3.54. The van der Waals surface area contributed by atoms with Crippen LogP contribution in [0.25, 0.3) is 44.6 Å². The molecule has 1 aliphatic carbocycles. The van der Waals surface area contributed by atoms with Crippen LogP contribution in [0.5, 0.6) is 0 Å². The van der Waals surface area contributed by atoms with Gasteiger partial charge in [0, 0.05) is 33.6 Å². The Kier molecular flexibility index (Phi) is 5.10. The summed E-state index contributed by atoms with van der Waals surface area (Å²) >= 11 is 0. The van der Waals surface area contributed by atoms with Crippen molar-refractivity contribution in [3.05, 3.63) is 133 Å². The summed E-state index contributed by atoms with van der Waals surface area (Å²) in [4.78, 5) is 0. The van der Waals surface area contributed by atoms with Crippen LogP contribution in [0.15, 0.2) is 121 Å². The largest absolute Gasteiger partial charge is 0.309 e. The molecule has 37 heavy (non-hydrogen) atoms. The minimum absolute atomic E-state index is 0.188. The first-order valence-corrected chi connectivity index (χ1v) is 12.7. The zero-order chi connectivity index (χ0) is 24.8. The fourth-order valence-electron chi connectivity index (χ4n) is 5.49. The number of hydrogen-bond acceptors (Lipinski definition) is 2. The van der Waals surface area contributed by atoms with Gasteiger partial charge in [-0.05, 0) is 55.8 Å². The zero-order valence-corrected chi connectivity index (χ0v) is 20.6. The fraction of sp³-hybridized carbons (Fsp3) is 0.0909. The third kappa shape index (κ3) is 3.61. The van der Waals surface area contributed by atoms with Crippen LogP contribution >= 0.6 is 0 Å². The number of hydrogen-bond donors (Lipinski definition) is 0. The molecule has 2 aromatic heterocycles. The number of rotatable bonds is 4. The second-order valence-electron chi connectivity index (χ2n) is 9.63. The molecule has 0 saturated heterocycles. The second-order valence-corrected chi connectivity index (χ2v) is 9.63. The molecule has 1 atom stereocenters. The normalized spacial score (nSPS) is 15.1. The standard InChI is InChI=1S/C33H26N4/c1-23-10-9-13-25(22-23)33-35-34-32(24-11-3-2-4-12-24)37(33)27-20-18-26(19-21-27)36-30-16-7-5-14-28(30)29-15-6-8-17-31(29)36/h2-11,13-22,24H,12H2,1H3. The molecule has 0 radical (unpaired) electrons. The first-order valence-electron chi connectivity index (χ1n) is 12.7. The highest BCUT2D eigenvalue weighted by Gasteiger charge is 2.22. The number of para-hydroxylation sites is 2. The highest BCUT2D eigenvalue weighted by molar-refractivity contribution is 6.09. The predicted molar refractivity (Wildman–Crippen MR) is 152 cm³/mol. The topological polar surface area (TPSA) is 35.6 Å². The van der Waals surface area contributed by atoms with Gasteiger partial charge in [0.15, 0.2) is 5.82 Å². The zero-order valence-electron chi connectivity index (χ0n) is 20.6. The first kappa shape index (κ1) is 21.6. The van der Waals surface area contributed by atoms with Gasteiger partial charge in [0.05, 0.1) is 11.0 Å². The van der Waals surface area contributed by atoms with Crippen molar-refractivity contribution in [1.82, 2.24) is 19.3 Å². The maximum absolute atomic E-state index is 4.70. The number of aromatic nitrogens is 4. The number of benzene rings is 4. The molecule has 0 N–H and O–H groups in total. The van der Waals surface area contributed by atoms with Crippen molar-refractivity contribution < 1.29 is 0 Å². The number of allylic oxidation sites excluding steroid dienone is 4. The molecule has 4 nitrogen and oxygen atoms in total. The lowest BCUT2D eigenvalue weighted by Gasteiger charge is -2.17. The molecular weight excluding hydrogens is 452 g/mol. The maximum atomic E-state index is 4.70. The van der Waals surface area contributed by atoms with Crippen LogP contribution in [0.3, 0.4) is 0 Å². The van der Waals surface area contributed by atoms with Crippen LogP contribution in [0.4, 0.5) is 0 Å². The van der Waals surface area contributed by atoms with Crippen LogP contribution < -0.4 is 0 Å². The van der Waals surface area contributed by atoms with Crippen LogP contribution in [0.2, 0.25) is 0 Å². The van der Waals surface area contributed by atoms with Crippen molar-refractivity contribution in [1.29, 1.82) is 0 Å². The highest BCUT2D eigenvalue weighted by Crippen LogP contribution is 2.34. The lowest BCUT2D eigenvalue weighted by Crippen LogP contribution is -2.08. The van der Waals surface area contributed by atoms with E-state index in [0.29, 0.717) is 0 Å². The molecule has 0 aliphatic heterocycles. The summed E-state index contributed by atoms with van der Waals surface area (Å²) in [6.45, 7) is 2.11. The van der Waals surface area contributed by atoms with Gasteiger partial charge < -0.3 is 4.57 Å². The summed E-state index contributed by atoms with van der Waals surface area (Å²) < 4.78 is 4.57. The maximum Gasteiger partial charge on any atom is 0.168 e. The molecule has 4 aromatic carbocycles. The van der Waals surface area contributed by atoms with E-state index < -0.39 is 0 Å². The number of aryl methyl sites for hydroxylation is 1. The van der Waals surface area contributed by atoms with Gasteiger partial charge in [-0.1, -0.05) is 84.5 Å². The molecule has 0 bridgehead atoms. The quantitative estimate of drug-likeness (QED) is 0.258. The Morgan fingerprint density at radius 2 is 1.35 bits per heavy atom. The second kappa shape index (κ2) is 8.75. The van der Waals surface area contributed by atoms with Crippen LogP contribution in [0.1, 0.15) is 23.7 Å². The van der Waals surface area contributed by atoms with Crippen LogP contribution in [-0.4, -0.2) is 19.3 Å². The van der Waals surface area contributed by atoms with E-state index in [-0.39, 0.29) is 5.92 Å². The molecule has 0 spiro atoms. The fourth-order valence-corrected chi connectivity index (χ4v) is 5.49. The predicted octanol–water partition coefficient (Wildman–Crippen LogP) is 7.94. The molecule has 0 saturated carbocycles. The molecular formula is C33H26N4. The Bertz CT molecular complexity index is 1760. The Morgan fingerprint density at radius 1 is 0.676 bits per heavy atom.